The average molecular weight is 386 g/mol. The Morgan fingerprint density at radius 1 is 1.04 bits per heavy atom. The van der Waals surface area contributed by atoms with Crippen LogP contribution in [0.3, 0.4) is 0 Å². The monoisotopic (exact) mass is 386 g/mol. The molecule has 0 unspecified atom stereocenters. The first kappa shape index (κ1) is 20.3. The van der Waals surface area contributed by atoms with Gasteiger partial charge in [-0.2, -0.15) is 13.2 Å². The predicted octanol–water partition coefficient (Wildman–Crippen LogP) is 3.77. The van der Waals surface area contributed by atoms with E-state index in [4.69, 9.17) is 0 Å². The molecule has 2 aromatic rings. The van der Waals surface area contributed by atoms with Crippen molar-refractivity contribution >= 4 is 17.5 Å². The van der Waals surface area contributed by atoms with Crippen molar-refractivity contribution in [2.24, 2.45) is 0 Å². The fourth-order valence-electron chi connectivity index (χ4n) is 2.34. The van der Waals surface area contributed by atoms with Crippen LogP contribution in [-0.4, -0.2) is 24.9 Å². The number of nitrogens with zero attached hydrogens (tertiary/aromatic N) is 1. The molecule has 0 radical (unpaired) electrons. The van der Waals surface area contributed by atoms with E-state index in [1.165, 1.54) is 19.1 Å². The van der Waals surface area contributed by atoms with Crippen molar-refractivity contribution in [3.63, 3.8) is 0 Å². The summed E-state index contributed by atoms with van der Waals surface area (Å²) < 4.78 is 64.5. The number of nitrogens with one attached hydrogen (secondary N) is 1. The van der Waals surface area contributed by atoms with Gasteiger partial charge in [0.25, 0.3) is 5.91 Å². The minimum Gasteiger partial charge on any atom is -0.350 e. The highest BCUT2D eigenvalue weighted by Gasteiger charge is 2.31. The Balaban J connectivity index is 2.06. The van der Waals surface area contributed by atoms with Crippen molar-refractivity contribution in [1.29, 1.82) is 0 Å². The molecular formula is C18H15F5N2O2. The van der Waals surface area contributed by atoms with Gasteiger partial charge in [-0.3, -0.25) is 9.59 Å². The van der Waals surface area contributed by atoms with Crippen molar-refractivity contribution in [2.45, 2.75) is 13.1 Å². The number of hydrogen-bond donors (Lipinski definition) is 1. The van der Waals surface area contributed by atoms with Crippen molar-refractivity contribution in [3.05, 3.63) is 65.2 Å². The van der Waals surface area contributed by atoms with Crippen LogP contribution in [-0.2, 0) is 11.0 Å². The zero-order valence-corrected chi connectivity index (χ0v) is 14.1. The fourth-order valence-corrected chi connectivity index (χ4v) is 2.34. The van der Waals surface area contributed by atoms with Crippen molar-refractivity contribution in [2.75, 3.05) is 18.0 Å². The van der Waals surface area contributed by atoms with Crippen LogP contribution in [0.5, 0.6) is 0 Å². The second kappa shape index (κ2) is 8.15. The summed E-state index contributed by atoms with van der Waals surface area (Å²) >= 11 is 0. The first-order valence-corrected chi connectivity index (χ1v) is 7.78. The molecule has 9 heteroatoms. The van der Waals surface area contributed by atoms with Gasteiger partial charge in [-0.25, -0.2) is 8.78 Å². The lowest BCUT2D eigenvalue weighted by molar-refractivity contribution is -0.137. The maximum Gasteiger partial charge on any atom is 0.416 e. The number of carbonyl (C=O) groups excluding carboxylic acids is 2. The summed E-state index contributed by atoms with van der Waals surface area (Å²) in [6.45, 7) is 0.969. The topological polar surface area (TPSA) is 49.4 Å². The molecule has 0 bridgehead atoms. The molecule has 0 spiro atoms. The lowest BCUT2D eigenvalue weighted by Gasteiger charge is -2.22. The van der Waals surface area contributed by atoms with Crippen LogP contribution in [0.1, 0.15) is 22.8 Å². The summed E-state index contributed by atoms with van der Waals surface area (Å²) in [5.74, 6) is -3.51. The average Bonchev–Trinajstić information content (AvgIpc) is 2.60. The number of hydrogen-bond acceptors (Lipinski definition) is 2. The van der Waals surface area contributed by atoms with Gasteiger partial charge < -0.3 is 10.2 Å². The third-order valence-corrected chi connectivity index (χ3v) is 3.67. The maximum absolute atomic E-state index is 13.2. The molecule has 144 valence electrons. The Morgan fingerprint density at radius 3 is 2.33 bits per heavy atom. The first-order valence-electron chi connectivity index (χ1n) is 7.78. The number of anilines is 1. The Labute approximate surface area is 151 Å². The normalized spacial score (nSPS) is 11.2. The van der Waals surface area contributed by atoms with Crippen LogP contribution in [0.4, 0.5) is 27.6 Å². The Bertz CT molecular complexity index is 852. The van der Waals surface area contributed by atoms with E-state index in [2.05, 4.69) is 5.32 Å². The van der Waals surface area contributed by atoms with Crippen LogP contribution in [0.25, 0.3) is 0 Å². The van der Waals surface area contributed by atoms with Gasteiger partial charge in [-0.1, -0.05) is 6.07 Å². The molecule has 0 saturated carbocycles. The molecule has 0 aliphatic carbocycles. The van der Waals surface area contributed by atoms with Gasteiger partial charge in [0.1, 0.15) is 0 Å². The molecule has 0 aliphatic heterocycles. The highest BCUT2D eigenvalue weighted by molar-refractivity contribution is 5.94. The Hall–Kier alpha value is -2.97. The third kappa shape index (κ3) is 5.25. The summed E-state index contributed by atoms with van der Waals surface area (Å²) in [6, 6.07) is 6.84. The highest BCUT2D eigenvalue weighted by atomic mass is 19.4. The van der Waals surface area contributed by atoms with E-state index >= 15 is 0 Å². The van der Waals surface area contributed by atoms with E-state index in [9.17, 15) is 31.5 Å². The van der Waals surface area contributed by atoms with Gasteiger partial charge in [0, 0.05) is 31.3 Å². The van der Waals surface area contributed by atoms with Gasteiger partial charge in [-0.05, 0) is 36.4 Å². The lowest BCUT2D eigenvalue weighted by Crippen LogP contribution is -2.37. The quantitative estimate of drug-likeness (QED) is 0.796. The standard InChI is InChI=1S/C18H15F5N2O2/c1-11(26)25(14-4-2-3-13(10-14)18(21,22)23)8-7-24-17(27)12-5-6-15(19)16(20)9-12/h2-6,9-10H,7-8H2,1H3,(H,24,27). The second-order valence-corrected chi connectivity index (χ2v) is 5.60. The number of amides is 2. The smallest absolute Gasteiger partial charge is 0.350 e. The number of rotatable bonds is 5. The molecule has 0 atom stereocenters. The number of carbonyl (C=O) groups is 2. The van der Waals surface area contributed by atoms with E-state index in [-0.39, 0.29) is 24.3 Å². The maximum atomic E-state index is 13.2. The van der Waals surface area contributed by atoms with Crippen LogP contribution >= 0.6 is 0 Å². The van der Waals surface area contributed by atoms with Gasteiger partial charge in [-0.15, -0.1) is 0 Å². The summed E-state index contributed by atoms with van der Waals surface area (Å²) in [7, 11) is 0. The minimum atomic E-state index is -4.56. The van der Waals surface area contributed by atoms with Gasteiger partial charge in [0.2, 0.25) is 5.91 Å². The van der Waals surface area contributed by atoms with Crippen LogP contribution < -0.4 is 10.2 Å². The molecular weight excluding hydrogens is 371 g/mol. The summed E-state index contributed by atoms with van der Waals surface area (Å²) in [5, 5.41) is 2.40. The SMILES string of the molecule is CC(=O)N(CCNC(=O)c1ccc(F)c(F)c1)c1cccc(C(F)(F)F)c1. The van der Waals surface area contributed by atoms with Crippen LogP contribution in [0.15, 0.2) is 42.5 Å². The van der Waals surface area contributed by atoms with Gasteiger partial charge >= 0.3 is 6.18 Å². The third-order valence-electron chi connectivity index (χ3n) is 3.67. The van der Waals surface area contributed by atoms with E-state index in [1.54, 1.807) is 0 Å². The van der Waals surface area contributed by atoms with Crippen LogP contribution in [0.2, 0.25) is 0 Å². The highest BCUT2D eigenvalue weighted by Crippen LogP contribution is 2.31. The molecule has 0 aromatic heterocycles. The molecule has 2 aromatic carbocycles. The number of benzene rings is 2. The molecule has 27 heavy (non-hydrogen) atoms. The van der Waals surface area contributed by atoms with Crippen molar-refractivity contribution in [3.8, 4) is 0 Å². The van der Waals surface area contributed by atoms with E-state index in [0.717, 1.165) is 35.2 Å². The largest absolute Gasteiger partial charge is 0.416 e. The van der Waals surface area contributed by atoms with Crippen molar-refractivity contribution in [1.82, 2.24) is 5.32 Å². The van der Waals surface area contributed by atoms with E-state index in [1.807, 2.05) is 0 Å². The molecule has 2 rings (SSSR count). The minimum absolute atomic E-state index is 0.0272. The van der Waals surface area contributed by atoms with E-state index < -0.39 is 35.2 Å². The molecule has 1 N–H and O–H groups in total. The predicted molar refractivity (Wildman–Crippen MR) is 88.2 cm³/mol. The zero-order chi connectivity index (χ0) is 20.2. The second-order valence-electron chi connectivity index (χ2n) is 5.60. The summed E-state index contributed by atoms with van der Waals surface area (Å²) in [6.07, 6.45) is -4.56. The summed E-state index contributed by atoms with van der Waals surface area (Å²) in [4.78, 5) is 24.8. The van der Waals surface area contributed by atoms with Gasteiger partial charge in [0.15, 0.2) is 11.6 Å². The molecule has 0 aliphatic rings. The zero-order valence-electron chi connectivity index (χ0n) is 14.1. The molecule has 2 amide bonds. The fraction of sp³-hybridized carbons (Fsp3) is 0.222. The van der Waals surface area contributed by atoms with Gasteiger partial charge in [0.05, 0.1) is 5.56 Å². The van der Waals surface area contributed by atoms with E-state index in [0.29, 0.717) is 0 Å². The molecule has 4 nitrogen and oxygen atoms in total. The summed E-state index contributed by atoms with van der Waals surface area (Å²) in [5.41, 5.74) is -1.00. The lowest BCUT2D eigenvalue weighted by atomic mass is 10.1. The molecule has 0 fully saturated rings. The van der Waals surface area contributed by atoms with Crippen molar-refractivity contribution < 1.29 is 31.5 Å². The molecule has 0 heterocycles. The Morgan fingerprint density at radius 2 is 1.74 bits per heavy atom. The molecule has 0 saturated heterocycles. The Kier molecular flexibility index (Phi) is 6.14. The van der Waals surface area contributed by atoms with Crippen LogP contribution in [0, 0.1) is 11.6 Å². The number of alkyl halides is 3. The first-order chi connectivity index (χ1) is 12.6. The number of halogens is 5.